The molecule has 0 saturated carbocycles. The normalized spacial score (nSPS) is 9.86. The predicted octanol–water partition coefficient (Wildman–Crippen LogP) is -0.0194. The molecule has 0 heterocycles. The van der Waals surface area contributed by atoms with Crippen LogP contribution in [-0.2, 0) is 11.2 Å². The molecular weight excluding hydrogens is 182 g/mol. The Morgan fingerprint density at radius 2 is 1.93 bits per heavy atom. The number of carbonyl (C=O) groups is 1. The van der Waals surface area contributed by atoms with Crippen molar-refractivity contribution in [2.24, 2.45) is 0 Å². The van der Waals surface area contributed by atoms with E-state index in [9.17, 15) is 4.79 Å². The lowest BCUT2D eigenvalue weighted by Crippen LogP contribution is -2.21. The highest BCUT2D eigenvalue weighted by atomic mass is 16.5. The maximum Gasteiger partial charge on any atom is 0.213 e. The van der Waals surface area contributed by atoms with Gasteiger partial charge in [-0.2, -0.15) is 5.26 Å². The zero-order chi connectivity index (χ0) is 10.6. The van der Waals surface area contributed by atoms with Gasteiger partial charge in [-0.25, -0.2) is 0 Å². The van der Waals surface area contributed by atoms with Gasteiger partial charge in [-0.3, -0.25) is 4.79 Å². The van der Waals surface area contributed by atoms with E-state index < -0.39 is 12.1 Å². The first-order chi connectivity index (χ1) is 6.63. The Kier molecular flexibility index (Phi) is 3.35. The Bertz CT molecular complexity index is 362. The Hall–Kier alpha value is -1.70. The number of hydrogen-bond acceptors (Lipinski definition) is 4. The number of ketones is 1. The average Bonchev–Trinajstić information content (AvgIpc) is 2.19. The van der Waals surface area contributed by atoms with Crippen LogP contribution in [0, 0.1) is 11.3 Å². The fourth-order valence-electron chi connectivity index (χ4n) is 0.990. The van der Waals surface area contributed by atoms with Crippen LogP contribution in [0.3, 0.4) is 0 Å². The number of benzene rings is 1. The summed E-state index contributed by atoms with van der Waals surface area (Å²) in [5, 5.41) is 25.6. The number of carbonyl (C=O) groups excluding carboxylic acids is 1. The van der Waals surface area contributed by atoms with E-state index in [-0.39, 0.29) is 6.42 Å². The molecule has 0 unspecified atom stereocenters. The second-order valence-electron chi connectivity index (χ2n) is 2.83. The smallest absolute Gasteiger partial charge is 0.213 e. The van der Waals surface area contributed by atoms with Gasteiger partial charge in [0, 0.05) is 6.42 Å². The molecule has 0 aliphatic carbocycles. The summed E-state index contributed by atoms with van der Waals surface area (Å²) >= 11 is 0. The van der Waals surface area contributed by atoms with Crippen LogP contribution in [0.25, 0.3) is 0 Å². The molecule has 0 amide bonds. The number of Topliss-reactive ketones (excluding diaryl/α,β-unsaturated/α-hetero) is 1. The third-order valence-electron chi connectivity index (χ3n) is 1.75. The third-order valence-corrected chi connectivity index (χ3v) is 1.75. The van der Waals surface area contributed by atoms with Crippen molar-refractivity contribution in [3.63, 3.8) is 0 Å². The van der Waals surface area contributed by atoms with Gasteiger partial charge in [0.25, 0.3) is 0 Å². The number of nitriles is 1. The van der Waals surface area contributed by atoms with Crippen LogP contribution in [0.1, 0.15) is 11.1 Å². The van der Waals surface area contributed by atoms with Gasteiger partial charge >= 0.3 is 0 Å². The van der Waals surface area contributed by atoms with E-state index in [2.05, 4.69) is 0 Å². The number of hydrogen-bond donors (Lipinski definition) is 2. The SMILES string of the molecule is N#Cc1ccc(CC(=O)C(O)O)cc1. The molecule has 1 rings (SSSR count). The number of nitrogens with zero attached hydrogens (tertiary/aromatic N) is 1. The molecule has 14 heavy (non-hydrogen) atoms. The van der Waals surface area contributed by atoms with Crippen LogP contribution in [0.15, 0.2) is 24.3 Å². The van der Waals surface area contributed by atoms with Crippen molar-refractivity contribution in [1.29, 1.82) is 5.26 Å². The summed E-state index contributed by atoms with van der Waals surface area (Å²) < 4.78 is 0. The molecule has 2 N–H and O–H groups in total. The van der Waals surface area contributed by atoms with E-state index in [0.29, 0.717) is 11.1 Å². The van der Waals surface area contributed by atoms with E-state index in [4.69, 9.17) is 15.5 Å². The Balaban J connectivity index is 2.70. The molecule has 0 aromatic heterocycles. The lowest BCUT2D eigenvalue weighted by Gasteiger charge is -2.02. The highest BCUT2D eigenvalue weighted by Crippen LogP contribution is 2.05. The van der Waals surface area contributed by atoms with Gasteiger partial charge in [-0.15, -0.1) is 0 Å². The van der Waals surface area contributed by atoms with E-state index in [1.54, 1.807) is 24.3 Å². The van der Waals surface area contributed by atoms with Gasteiger partial charge in [-0.1, -0.05) is 12.1 Å². The zero-order valence-electron chi connectivity index (χ0n) is 7.34. The predicted molar refractivity (Wildman–Crippen MR) is 48.1 cm³/mol. The van der Waals surface area contributed by atoms with Crippen LogP contribution in [0.2, 0.25) is 0 Å². The molecule has 0 aliphatic rings. The van der Waals surface area contributed by atoms with E-state index in [1.807, 2.05) is 6.07 Å². The third kappa shape index (κ3) is 2.66. The molecule has 1 aromatic rings. The Labute approximate surface area is 81.0 Å². The maximum absolute atomic E-state index is 10.9. The largest absolute Gasteiger partial charge is 0.362 e. The fraction of sp³-hybridized carbons (Fsp3) is 0.200. The summed E-state index contributed by atoms with van der Waals surface area (Å²) in [6.07, 6.45) is -1.96. The molecule has 0 fully saturated rings. The van der Waals surface area contributed by atoms with Gasteiger partial charge in [0.15, 0.2) is 5.78 Å². The monoisotopic (exact) mass is 191 g/mol. The Morgan fingerprint density at radius 3 is 2.36 bits per heavy atom. The first-order valence-electron chi connectivity index (χ1n) is 4.01. The van der Waals surface area contributed by atoms with Crippen LogP contribution in [-0.4, -0.2) is 22.3 Å². The summed E-state index contributed by atoms with van der Waals surface area (Å²) in [7, 11) is 0. The highest BCUT2D eigenvalue weighted by molar-refractivity contribution is 5.83. The molecule has 72 valence electrons. The molecule has 0 aliphatic heterocycles. The summed E-state index contributed by atoms with van der Waals surface area (Å²) in [4.78, 5) is 10.9. The lowest BCUT2D eigenvalue weighted by atomic mass is 10.1. The molecule has 1 aromatic carbocycles. The minimum absolute atomic E-state index is 0.0383. The molecular formula is C10H9NO3. The van der Waals surface area contributed by atoms with Crippen molar-refractivity contribution in [3.8, 4) is 6.07 Å². The van der Waals surface area contributed by atoms with Gasteiger partial charge < -0.3 is 10.2 Å². The van der Waals surface area contributed by atoms with Crippen molar-refractivity contribution >= 4 is 5.78 Å². The van der Waals surface area contributed by atoms with Crippen LogP contribution in [0.5, 0.6) is 0 Å². The maximum atomic E-state index is 10.9. The number of rotatable bonds is 3. The second-order valence-corrected chi connectivity index (χ2v) is 2.83. The molecule has 0 bridgehead atoms. The van der Waals surface area contributed by atoms with Crippen LogP contribution < -0.4 is 0 Å². The summed E-state index contributed by atoms with van der Waals surface area (Å²) in [5.41, 5.74) is 1.16. The van der Waals surface area contributed by atoms with Gasteiger partial charge in [0.2, 0.25) is 6.29 Å². The van der Waals surface area contributed by atoms with Gasteiger partial charge in [-0.05, 0) is 17.7 Å². The molecule has 0 saturated heterocycles. The van der Waals surface area contributed by atoms with Crippen molar-refractivity contribution in [2.45, 2.75) is 12.7 Å². The van der Waals surface area contributed by atoms with Crippen LogP contribution >= 0.6 is 0 Å². The molecule has 0 spiro atoms. The summed E-state index contributed by atoms with van der Waals surface area (Å²) in [5.74, 6) is -0.658. The van der Waals surface area contributed by atoms with Crippen molar-refractivity contribution in [2.75, 3.05) is 0 Å². The second kappa shape index (κ2) is 4.51. The lowest BCUT2D eigenvalue weighted by molar-refractivity contribution is -0.144. The molecule has 0 atom stereocenters. The first-order valence-corrected chi connectivity index (χ1v) is 4.01. The minimum Gasteiger partial charge on any atom is -0.362 e. The molecule has 4 heteroatoms. The van der Waals surface area contributed by atoms with Crippen molar-refractivity contribution in [3.05, 3.63) is 35.4 Å². The standard InChI is InChI=1S/C10H9NO3/c11-6-8-3-1-7(2-4-8)5-9(12)10(13)14/h1-4,10,13-14H,5H2. The van der Waals surface area contributed by atoms with Crippen LogP contribution in [0.4, 0.5) is 0 Å². The van der Waals surface area contributed by atoms with Crippen molar-refractivity contribution < 1.29 is 15.0 Å². The average molecular weight is 191 g/mol. The summed E-state index contributed by atoms with van der Waals surface area (Å²) in [6, 6.07) is 8.32. The quantitative estimate of drug-likeness (QED) is 0.658. The fourth-order valence-corrected chi connectivity index (χ4v) is 0.990. The number of aliphatic hydroxyl groups excluding tert-OH is 1. The van der Waals surface area contributed by atoms with Gasteiger partial charge in [0.1, 0.15) is 0 Å². The highest BCUT2D eigenvalue weighted by Gasteiger charge is 2.11. The topological polar surface area (TPSA) is 81.3 Å². The number of aliphatic hydroxyl groups is 2. The molecule has 4 nitrogen and oxygen atoms in total. The minimum atomic E-state index is -1.93. The summed E-state index contributed by atoms with van der Waals surface area (Å²) in [6.45, 7) is 0. The van der Waals surface area contributed by atoms with E-state index in [1.165, 1.54) is 0 Å². The zero-order valence-corrected chi connectivity index (χ0v) is 7.34. The molecule has 0 radical (unpaired) electrons. The first kappa shape index (κ1) is 10.4. The van der Waals surface area contributed by atoms with Gasteiger partial charge in [0.05, 0.1) is 11.6 Å². The Morgan fingerprint density at radius 1 is 1.36 bits per heavy atom. The van der Waals surface area contributed by atoms with E-state index in [0.717, 1.165) is 0 Å². The van der Waals surface area contributed by atoms with Crippen molar-refractivity contribution in [1.82, 2.24) is 0 Å². The van der Waals surface area contributed by atoms with E-state index >= 15 is 0 Å².